The Labute approximate surface area is 58.6 Å². The van der Waals surface area contributed by atoms with Crippen LogP contribution >= 0.6 is 22.9 Å². The highest BCUT2D eigenvalue weighted by atomic mass is 127. The first-order valence-corrected chi connectivity index (χ1v) is 3.69. The van der Waals surface area contributed by atoms with Crippen molar-refractivity contribution in [2.45, 2.75) is 25.8 Å². The molecule has 0 spiro atoms. The lowest BCUT2D eigenvalue weighted by Gasteiger charge is -2.09. The van der Waals surface area contributed by atoms with Gasteiger partial charge in [0.2, 0.25) is 0 Å². The summed E-state index contributed by atoms with van der Waals surface area (Å²) < 4.78 is 2.37. The summed E-state index contributed by atoms with van der Waals surface area (Å²) in [6.45, 7) is 3.57. The average molecular weight is 211 g/mol. The number of nitrogens with zero attached hydrogens (tertiary/aromatic N) is 1. The van der Waals surface area contributed by atoms with Gasteiger partial charge >= 0.3 is 0 Å². The first-order chi connectivity index (χ1) is 3.30. The zero-order chi connectivity index (χ0) is 5.28. The van der Waals surface area contributed by atoms with E-state index in [1.807, 2.05) is 0 Å². The fourth-order valence-corrected chi connectivity index (χ4v) is 1.52. The molecular formula is C5H10IN. The Morgan fingerprint density at radius 2 is 2.43 bits per heavy atom. The van der Waals surface area contributed by atoms with Crippen molar-refractivity contribution in [3.63, 3.8) is 0 Å². The Bertz CT molecular complexity index is 57.1. The van der Waals surface area contributed by atoms with E-state index in [4.69, 9.17) is 0 Å². The van der Waals surface area contributed by atoms with Crippen LogP contribution in [0, 0.1) is 0 Å². The summed E-state index contributed by atoms with van der Waals surface area (Å²) in [6.07, 6.45) is 2.78. The van der Waals surface area contributed by atoms with Gasteiger partial charge in [0.25, 0.3) is 0 Å². The smallest absolute Gasteiger partial charge is 0.0204 e. The molecule has 0 aromatic heterocycles. The minimum absolute atomic E-state index is 0.834. The Balaban J connectivity index is 2.33. The molecule has 0 bridgehead atoms. The van der Waals surface area contributed by atoms with Crippen LogP contribution in [0.15, 0.2) is 0 Å². The summed E-state index contributed by atoms with van der Waals surface area (Å²) in [5.41, 5.74) is 0. The molecule has 0 aromatic rings. The fraction of sp³-hybridized carbons (Fsp3) is 1.00. The highest BCUT2D eigenvalue weighted by Gasteiger charge is 2.16. The fourth-order valence-electron chi connectivity index (χ4n) is 0.898. The molecule has 1 atom stereocenters. The van der Waals surface area contributed by atoms with E-state index in [9.17, 15) is 0 Å². The Morgan fingerprint density at radius 1 is 1.71 bits per heavy atom. The molecule has 0 aliphatic carbocycles. The Hall–Kier alpha value is 0.690. The van der Waals surface area contributed by atoms with E-state index in [-0.39, 0.29) is 0 Å². The summed E-state index contributed by atoms with van der Waals surface area (Å²) in [5.74, 6) is 0. The molecule has 0 radical (unpaired) electrons. The number of halogens is 1. The largest absolute Gasteiger partial charge is 0.245 e. The van der Waals surface area contributed by atoms with Gasteiger partial charge in [0.15, 0.2) is 0 Å². The standard InChI is InChI=1S/C5H10IN/c1-5-3-2-4-7(5)6/h5H,2-4H2,1H3. The third-order valence-electron chi connectivity index (χ3n) is 1.47. The molecule has 1 fully saturated rings. The molecule has 0 N–H and O–H groups in total. The van der Waals surface area contributed by atoms with Gasteiger partial charge in [0, 0.05) is 35.5 Å². The Morgan fingerprint density at radius 3 is 2.57 bits per heavy atom. The summed E-state index contributed by atoms with van der Waals surface area (Å²) >= 11 is 2.39. The van der Waals surface area contributed by atoms with Crippen LogP contribution in [0.2, 0.25) is 0 Å². The van der Waals surface area contributed by atoms with Crippen LogP contribution in [0.4, 0.5) is 0 Å². The third-order valence-corrected chi connectivity index (χ3v) is 2.91. The zero-order valence-electron chi connectivity index (χ0n) is 4.52. The van der Waals surface area contributed by atoms with Gasteiger partial charge in [-0.05, 0) is 19.8 Å². The molecule has 1 aliphatic rings. The predicted octanol–water partition coefficient (Wildman–Crippen LogP) is 1.82. The van der Waals surface area contributed by atoms with Crippen LogP contribution in [0.3, 0.4) is 0 Å². The van der Waals surface area contributed by atoms with Crippen molar-refractivity contribution in [1.82, 2.24) is 3.11 Å². The van der Waals surface area contributed by atoms with Crippen molar-refractivity contribution >= 4 is 22.9 Å². The molecule has 0 saturated carbocycles. The van der Waals surface area contributed by atoms with Gasteiger partial charge in [0.1, 0.15) is 0 Å². The van der Waals surface area contributed by atoms with E-state index in [0.717, 1.165) is 6.04 Å². The molecule has 1 nitrogen and oxygen atoms in total. The van der Waals surface area contributed by atoms with Gasteiger partial charge in [0.05, 0.1) is 0 Å². The Kier molecular flexibility index (Phi) is 1.92. The zero-order valence-corrected chi connectivity index (χ0v) is 6.68. The first kappa shape index (κ1) is 5.82. The topological polar surface area (TPSA) is 3.24 Å². The molecule has 0 amide bonds. The van der Waals surface area contributed by atoms with Crippen molar-refractivity contribution in [2.24, 2.45) is 0 Å². The van der Waals surface area contributed by atoms with Crippen LogP contribution in [-0.4, -0.2) is 15.7 Å². The molecule has 1 heterocycles. The molecule has 1 aliphatic heterocycles. The lowest BCUT2D eigenvalue weighted by atomic mass is 10.3. The van der Waals surface area contributed by atoms with Crippen molar-refractivity contribution in [3.8, 4) is 0 Å². The van der Waals surface area contributed by atoms with Gasteiger partial charge in [-0.15, -0.1) is 0 Å². The second kappa shape index (κ2) is 2.31. The van der Waals surface area contributed by atoms with E-state index in [2.05, 4.69) is 32.9 Å². The second-order valence-corrected chi connectivity index (χ2v) is 3.35. The predicted molar refractivity (Wildman–Crippen MR) is 39.4 cm³/mol. The number of hydrogen-bond acceptors (Lipinski definition) is 1. The minimum atomic E-state index is 0.834. The molecule has 42 valence electrons. The molecule has 0 aromatic carbocycles. The van der Waals surface area contributed by atoms with E-state index in [0.29, 0.717) is 0 Å². The summed E-state index contributed by atoms with van der Waals surface area (Å²) in [6, 6.07) is 0.834. The molecule has 1 unspecified atom stereocenters. The monoisotopic (exact) mass is 211 g/mol. The van der Waals surface area contributed by atoms with Crippen LogP contribution in [0.1, 0.15) is 19.8 Å². The third kappa shape index (κ3) is 1.29. The average Bonchev–Trinajstić information content (AvgIpc) is 1.91. The summed E-state index contributed by atoms with van der Waals surface area (Å²) in [4.78, 5) is 0. The lowest BCUT2D eigenvalue weighted by Crippen LogP contribution is -2.13. The van der Waals surface area contributed by atoms with Crippen molar-refractivity contribution in [1.29, 1.82) is 0 Å². The quantitative estimate of drug-likeness (QED) is 0.436. The molecular weight excluding hydrogens is 201 g/mol. The van der Waals surface area contributed by atoms with Gasteiger partial charge in [-0.1, -0.05) is 0 Å². The summed E-state index contributed by atoms with van der Waals surface area (Å²) in [5, 5.41) is 0. The van der Waals surface area contributed by atoms with E-state index < -0.39 is 0 Å². The van der Waals surface area contributed by atoms with Crippen molar-refractivity contribution in [3.05, 3.63) is 0 Å². The maximum atomic E-state index is 2.39. The van der Waals surface area contributed by atoms with Gasteiger partial charge in [-0.2, -0.15) is 0 Å². The van der Waals surface area contributed by atoms with Gasteiger partial charge in [-0.3, -0.25) is 0 Å². The first-order valence-electron chi connectivity index (χ1n) is 2.73. The van der Waals surface area contributed by atoms with Crippen LogP contribution < -0.4 is 0 Å². The molecule has 2 heteroatoms. The maximum absolute atomic E-state index is 2.39. The molecule has 7 heavy (non-hydrogen) atoms. The van der Waals surface area contributed by atoms with Crippen LogP contribution in [0.5, 0.6) is 0 Å². The van der Waals surface area contributed by atoms with E-state index in [1.165, 1.54) is 19.4 Å². The second-order valence-electron chi connectivity index (χ2n) is 2.11. The highest BCUT2D eigenvalue weighted by molar-refractivity contribution is 14.1. The number of hydrogen-bond donors (Lipinski definition) is 0. The molecule has 1 saturated heterocycles. The van der Waals surface area contributed by atoms with Crippen LogP contribution in [-0.2, 0) is 0 Å². The lowest BCUT2D eigenvalue weighted by molar-refractivity contribution is 0.505. The normalized spacial score (nSPS) is 34.3. The van der Waals surface area contributed by atoms with Crippen molar-refractivity contribution in [2.75, 3.05) is 6.54 Å². The van der Waals surface area contributed by atoms with Gasteiger partial charge < -0.3 is 0 Å². The minimum Gasteiger partial charge on any atom is -0.245 e. The van der Waals surface area contributed by atoms with E-state index in [1.54, 1.807) is 0 Å². The maximum Gasteiger partial charge on any atom is 0.0204 e. The summed E-state index contributed by atoms with van der Waals surface area (Å²) in [7, 11) is 0. The van der Waals surface area contributed by atoms with Crippen molar-refractivity contribution < 1.29 is 0 Å². The van der Waals surface area contributed by atoms with E-state index >= 15 is 0 Å². The van der Waals surface area contributed by atoms with Gasteiger partial charge in [-0.25, -0.2) is 3.11 Å². The highest BCUT2D eigenvalue weighted by Crippen LogP contribution is 2.19. The SMILES string of the molecule is CC1CCCN1I. The number of rotatable bonds is 0. The van der Waals surface area contributed by atoms with Crippen LogP contribution in [0.25, 0.3) is 0 Å². The molecule has 1 rings (SSSR count).